The smallest absolute Gasteiger partial charge is 0.299 e. The predicted octanol–water partition coefficient (Wildman–Crippen LogP) is 2.29. The first-order chi connectivity index (χ1) is 8.45. The van der Waals surface area contributed by atoms with E-state index >= 15 is 0 Å². The van der Waals surface area contributed by atoms with Gasteiger partial charge in [0.05, 0.1) is 11.3 Å². The van der Waals surface area contributed by atoms with Crippen molar-refractivity contribution in [3.8, 4) is 0 Å². The van der Waals surface area contributed by atoms with Crippen molar-refractivity contribution in [2.75, 3.05) is 17.3 Å². The molecule has 0 aliphatic carbocycles. The second-order valence-electron chi connectivity index (χ2n) is 3.89. The highest BCUT2D eigenvalue weighted by molar-refractivity contribution is 6.52. The van der Waals surface area contributed by atoms with Crippen LogP contribution in [0, 0.1) is 11.6 Å². The molecule has 0 spiro atoms. The summed E-state index contributed by atoms with van der Waals surface area (Å²) >= 11 is 5.54. The molecular weight excluding hydrogens is 264 g/mol. The monoisotopic (exact) mass is 271 g/mol. The van der Waals surface area contributed by atoms with E-state index in [1.807, 2.05) is 0 Å². The first-order valence-corrected chi connectivity index (χ1v) is 5.57. The number of benzene rings is 1. The fourth-order valence-corrected chi connectivity index (χ4v) is 1.80. The summed E-state index contributed by atoms with van der Waals surface area (Å²) in [6.07, 6.45) is 0. The summed E-state index contributed by atoms with van der Waals surface area (Å²) in [5.74, 6) is -3.85. The van der Waals surface area contributed by atoms with Crippen LogP contribution >= 0.6 is 11.6 Å². The van der Waals surface area contributed by atoms with Gasteiger partial charge in [-0.1, -0.05) is 6.58 Å². The van der Waals surface area contributed by atoms with Gasteiger partial charge in [-0.2, -0.15) is 0 Å². The van der Waals surface area contributed by atoms with E-state index < -0.39 is 23.3 Å². The van der Waals surface area contributed by atoms with Gasteiger partial charge in [-0.05, 0) is 11.6 Å². The number of anilines is 1. The molecule has 0 radical (unpaired) electrons. The van der Waals surface area contributed by atoms with Crippen LogP contribution in [0.2, 0.25) is 0 Å². The minimum atomic E-state index is -1.16. The highest BCUT2D eigenvalue weighted by Crippen LogP contribution is 2.31. The van der Waals surface area contributed by atoms with Crippen LogP contribution in [0.3, 0.4) is 0 Å². The number of nitrogens with zero attached hydrogens (tertiary/aromatic N) is 1. The molecule has 1 aliphatic heterocycles. The normalized spacial score (nSPS) is 14.1. The largest absolute Gasteiger partial charge is 0.301 e. The van der Waals surface area contributed by atoms with E-state index in [-0.39, 0.29) is 23.7 Å². The predicted molar refractivity (Wildman–Crippen MR) is 62.9 cm³/mol. The summed E-state index contributed by atoms with van der Waals surface area (Å²) in [6, 6.07) is 1.56. The molecule has 0 aromatic heterocycles. The number of rotatable bonds is 3. The van der Waals surface area contributed by atoms with Gasteiger partial charge < -0.3 is 4.90 Å². The molecule has 3 nitrogen and oxygen atoms in total. The number of halogens is 3. The molecule has 0 fully saturated rings. The fourth-order valence-electron chi connectivity index (χ4n) is 1.71. The van der Waals surface area contributed by atoms with Crippen LogP contribution in [-0.4, -0.2) is 24.1 Å². The quantitative estimate of drug-likeness (QED) is 0.480. The first kappa shape index (κ1) is 12.7. The lowest BCUT2D eigenvalue weighted by molar-refractivity contribution is -0.114. The highest BCUT2D eigenvalue weighted by Gasteiger charge is 2.37. The Balaban J connectivity index is 2.48. The summed E-state index contributed by atoms with van der Waals surface area (Å²) < 4.78 is 26.2. The van der Waals surface area contributed by atoms with Crippen molar-refractivity contribution in [1.82, 2.24) is 0 Å². The van der Waals surface area contributed by atoms with Crippen molar-refractivity contribution in [2.45, 2.75) is 0 Å². The number of fused-ring (bicyclic) bond motifs is 1. The first-order valence-electron chi connectivity index (χ1n) is 5.03. The molecule has 1 aliphatic rings. The molecule has 0 bridgehead atoms. The second kappa shape index (κ2) is 4.49. The third-order valence-corrected chi connectivity index (χ3v) is 2.96. The summed E-state index contributed by atoms with van der Waals surface area (Å²) in [7, 11) is 0. The van der Waals surface area contributed by atoms with E-state index in [1.165, 1.54) is 0 Å². The molecule has 0 saturated carbocycles. The molecule has 0 unspecified atom stereocenters. The molecule has 1 aromatic carbocycles. The Hall–Kier alpha value is -1.75. The number of ketones is 1. The zero-order valence-electron chi connectivity index (χ0n) is 9.17. The Labute approximate surface area is 107 Å². The van der Waals surface area contributed by atoms with Crippen molar-refractivity contribution in [3.05, 3.63) is 41.5 Å². The molecule has 2 rings (SSSR count). The molecule has 1 aromatic rings. The lowest BCUT2D eigenvalue weighted by atomic mass is 10.1. The van der Waals surface area contributed by atoms with Crippen molar-refractivity contribution < 1.29 is 18.4 Å². The third-order valence-electron chi connectivity index (χ3n) is 2.58. The Morgan fingerprint density at radius 2 is 1.89 bits per heavy atom. The van der Waals surface area contributed by atoms with E-state index in [2.05, 4.69) is 6.58 Å². The van der Waals surface area contributed by atoms with Crippen LogP contribution in [0.25, 0.3) is 0 Å². The van der Waals surface area contributed by atoms with Crippen LogP contribution < -0.4 is 4.90 Å². The van der Waals surface area contributed by atoms with E-state index in [4.69, 9.17) is 11.6 Å². The minimum absolute atomic E-state index is 0.00610. The summed E-state index contributed by atoms with van der Waals surface area (Å²) in [5.41, 5.74) is 0.409. The average molecular weight is 272 g/mol. The van der Waals surface area contributed by atoms with Crippen LogP contribution in [-0.2, 0) is 4.79 Å². The SMILES string of the molecule is C=C(CCl)CN1C(=O)C(=O)c2cc(F)c(F)cc21. The molecule has 1 heterocycles. The topological polar surface area (TPSA) is 37.4 Å². The average Bonchev–Trinajstić information content (AvgIpc) is 2.56. The number of carbonyl (C=O) groups is 2. The van der Waals surface area contributed by atoms with Gasteiger partial charge in [0, 0.05) is 18.5 Å². The van der Waals surface area contributed by atoms with E-state index in [0.717, 1.165) is 17.0 Å². The van der Waals surface area contributed by atoms with E-state index in [9.17, 15) is 18.4 Å². The standard InChI is InChI=1S/C12H8ClF2NO2/c1-6(4-13)5-16-10-3-9(15)8(14)2-7(10)11(17)12(16)18/h2-3H,1,4-5H2. The molecule has 18 heavy (non-hydrogen) atoms. The Kier molecular flexibility index (Phi) is 3.17. The summed E-state index contributed by atoms with van der Waals surface area (Å²) in [4.78, 5) is 24.3. The van der Waals surface area contributed by atoms with Crippen LogP contribution in [0.4, 0.5) is 14.5 Å². The Bertz CT molecular complexity index is 571. The van der Waals surface area contributed by atoms with Gasteiger partial charge in [0.15, 0.2) is 11.6 Å². The molecular formula is C12H8ClF2NO2. The number of hydrogen-bond donors (Lipinski definition) is 0. The number of Topliss-reactive ketones (excluding diaryl/α,β-unsaturated/α-hetero) is 1. The van der Waals surface area contributed by atoms with Crippen molar-refractivity contribution in [1.29, 1.82) is 0 Å². The minimum Gasteiger partial charge on any atom is -0.301 e. The molecule has 0 saturated heterocycles. The van der Waals surface area contributed by atoms with Gasteiger partial charge >= 0.3 is 0 Å². The van der Waals surface area contributed by atoms with E-state index in [0.29, 0.717) is 5.57 Å². The second-order valence-corrected chi connectivity index (χ2v) is 4.15. The van der Waals surface area contributed by atoms with Crippen molar-refractivity contribution in [2.24, 2.45) is 0 Å². The lowest BCUT2D eigenvalue weighted by Crippen LogP contribution is -2.31. The molecule has 6 heteroatoms. The summed E-state index contributed by atoms with van der Waals surface area (Å²) in [6.45, 7) is 3.61. The van der Waals surface area contributed by atoms with Gasteiger partial charge in [0.1, 0.15) is 0 Å². The van der Waals surface area contributed by atoms with Crippen LogP contribution in [0.15, 0.2) is 24.3 Å². The zero-order valence-corrected chi connectivity index (χ0v) is 9.93. The number of alkyl halides is 1. The third kappa shape index (κ3) is 1.90. The van der Waals surface area contributed by atoms with Gasteiger partial charge in [-0.3, -0.25) is 9.59 Å². The Morgan fingerprint density at radius 1 is 1.28 bits per heavy atom. The number of hydrogen-bond acceptors (Lipinski definition) is 2. The highest BCUT2D eigenvalue weighted by atomic mass is 35.5. The van der Waals surface area contributed by atoms with Gasteiger partial charge in [-0.15, -0.1) is 11.6 Å². The molecule has 0 atom stereocenters. The van der Waals surface area contributed by atoms with Gasteiger partial charge in [0.2, 0.25) is 0 Å². The molecule has 0 N–H and O–H groups in total. The lowest BCUT2D eigenvalue weighted by Gasteiger charge is -2.16. The van der Waals surface area contributed by atoms with Gasteiger partial charge in [0.25, 0.3) is 11.7 Å². The van der Waals surface area contributed by atoms with Crippen LogP contribution in [0.1, 0.15) is 10.4 Å². The summed E-state index contributed by atoms with van der Waals surface area (Å²) in [5, 5.41) is 0. The molecule has 1 amide bonds. The maximum Gasteiger partial charge on any atom is 0.299 e. The number of amides is 1. The van der Waals surface area contributed by atoms with Crippen molar-refractivity contribution in [3.63, 3.8) is 0 Å². The maximum absolute atomic E-state index is 13.1. The Morgan fingerprint density at radius 3 is 2.50 bits per heavy atom. The van der Waals surface area contributed by atoms with Crippen molar-refractivity contribution >= 4 is 29.0 Å². The fraction of sp³-hybridized carbons (Fsp3) is 0.167. The van der Waals surface area contributed by atoms with E-state index in [1.54, 1.807) is 0 Å². The molecule has 94 valence electrons. The van der Waals surface area contributed by atoms with Crippen LogP contribution in [0.5, 0.6) is 0 Å². The van der Waals surface area contributed by atoms with Gasteiger partial charge in [-0.25, -0.2) is 8.78 Å². The number of carbonyl (C=O) groups excluding carboxylic acids is 2. The maximum atomic E-state index is 13.1. The zero-order chi connectivity index (χ0) is 13.4.